The van der Waals surface area contributed by atoms with Crippen LogP contribution in [0.4, 0.5) is 5.69 Å². The molecule has 1 aliphatic heterocycles. The summed E-state index contributed by atoms with van der Waals surface area (Å²) >= 11 is 0. The van der Waals surface area contributed by atoms with Gasteiger partial charge in [0.1, 0.15) is 0 Å². The Morgan fingerprint density at radius 1 is 1.50 bits per heavy atom. The molecule has 1 aliphatic rings. The van der Waals surface area contributed by atoms with Gasteiger partial charge in [-0.25, -0.2) is 0 Å². The number of anilines is 1. The van der Waals surface area contributed by atoms with Crippen molar-refractivity contribution in [1.82, 2.24) is 14.7 Å². The lowest BCUT2D eigenvalue weighted by Gasteiger charge is -2.32. The van der Waals surface area contributed by atoms with Crippen LogP contribution in [-0.4, -0.2) is 47.0 Å². The normalized spacial score (nSPS) is 21.3. The number of rotatable bonds is 6. The Morgan fingerprint density at radius 2 is 2.39 bits per heavy atom. The quantitative estimate of drug-likeness (QED) is 0.830. The molecule has 0 aromatic carbocycles. The topological polar surface area (TPSA) is 56.3 Å². The Morgan fingerprint density at radius 3 is 3.11 bits per heavy atom. The zero-order chi connectivity index (χ0) is 12.8. The molecule has 18 heavy (non-hydrogen) atoms. The maximum Gasteiger partial charge on any atom is 0.0719 e. The summed E-state index contributed by atoms with van der Waals surface area (Å²) < 4.78 is 7.74. The molecule has 1 aromatic heterocycles. The number of hydrogen-bond acceptors (Lipinski definition) is 4. The molecule has 102 valence electrons. The van der Waals surface area contributed by atoms with Crippen LogP contribution in [0.15, 0.2) is 12.4 Å². The summed E-state index contributed by atoms with van der Waals surface area (Å²) in [6.07, 6.45) is 7.53. The Balaban J connectivity index is 1.72. The molecule has 0 bridgehead atoms. The molecule has 0 spiro atoms. The predicted octanol–water partition coefficient (Wildman–Crippen LogP) is 1.36. The second kappa shape index (κ2) is 6.75. The molecule has 2 heterocycles. The van der Waals surface area contributed by atoms with Gasteiger partial charge < -0.3 is 10.5 Å². The number of hydrogen-bond donors (Lipinski definition) is 1. The van der Waals surface area contributed by atoms with Crippen molar-refractivity contribution in [3.05, 3.63) is 12.4 Å². The average Bonchev–Trinajstić information content (AvgIpc) is 2.80. The van der Waals surface area contributed by atoms with E-state index in [2.05, 4.69) is 16.9 Å². The van der Waals surface area contributed by atoms with E-state index in [-0.39, 0.29) is 0 Å². The van der Waals surface area contributed by atoms with Crippen molar-refractivity contribution in [2.75, 3.05) is 32.0 Å². The van der Waals surface area contributed by atoms with E-state index in [0.29, 0.717) is 6.10 Å². The molecule has 2 N–H and O–H groups in total. The molecule has 0 radical (unpaired) electrons. The van der Waals surface area contributed by atoms with Crippen LogP contribution in [0.25, 0.3) is 0 Å². The Hall–Kier alpha value is -1.07. The van der Waals surface area contributed by atoms with Crippen LogP contribution in [0.3, 0.4) is 0 Å². The number of likely N-dealkylation sites (tertiary alicyclic amines) is 1. The number of piperidine rings is 1. The highest BCUT2D eigenvalue weighted by Gasteiger charge is 2.19. The van der Waals surface area contributed by atoms with Gasteiger partial charge in [-0.15, -0.1) is 0 Å². The minimum Gasteiger partial charge on any atom is -0.396 e. The summed E-state index contributed by atoms with van der Waals surface area (Å²) in [5, 5.41) is 4.20. The molecule has 2 rings (SSSR count). The highest BCUT2D eigenvalue weighted by atomic mass is 16.5. The van der Waals surface area contributed by atoms with Gasteiger partial charge >= 0.3 is 0 Å². The second-order valence-corrected chi connectivity index (χ2v) is 4.97. The third-order valence-electron chi connectivity index (χ3n) is 3.32. The van der Waals surface area contributed by atoms with Gasteiger partial charge in [0.05, 0.1) is 24.5 Å². The van der Waals surface area contributed by atoms with Crippen molar-refractivity contribution < 1.29 is 4.74 Å². The van der Waals surface area contributed by atoms with Gasteiger partial charge in [-0.3, -0.25) is 9.58 Å². The molecule has 0 amide bonds. The van der Waals surface area contributed by atoms with Crippen molar-refractivity contribution >= 4 is 5.69 Å². The van der Waals surface area contributed by atoms with Gasteiger partial charge in [-0.2, -0.15) is 5.10 Å². The van der Waals surface area contributed by atoms with Gasteiger partial charge in [0, 0.05) is 25.9 Å². The van der Waals surface area contributed by atoms with Crippen LogP contribution >= 0.6 is 0 Å². The molecule has 0 saturated carbocycles. The van der Waals surface area contributed by atoms with E-state index in [4.69, 9.17) is 10.5 Å². The molecule has 5 heteroatoms. The maximum absolute atomic E-state index is 5.83. The zero-order valence-corrected chi connectivity index (χ0v) is 11.2. The third-order valence-corrected chi connectivity index (χ3v) is 3.32. The Bertz CT molecular complexity index is 353. The van der Waals surface area contributed by atoms with Gasteiger partial charge in [0.2, 0.25) is 0 Å². The molecule has 0 aliphatic carbocycles. The number of aromatic nitrogens is 2. The molecular formula is C13H24N4O. The number of ether oxygens (including phenoxy) is 1. The molecule has 1 aromatic rings. The van der Waals surface area contributed by atoms with Crippen molar-refractivity contribution in [3.63, 3.8) is 0 Å². The van der Waals surface area contributed by atoms with Crippen LogP contribution in [0.5, 0.6) is 0 Å². The van der Waals surface area contributed by atoms with Crippen LogP contribution in [0.2, 0.25) is 0 Å². The van der Waals surface area contributed by atoms with E-state index < -0.39 is 0 Å². The molecule has 5 nitrogen and oxygen atoms in total. The lowest BCUT2D eigenvalue weighted by Crippen LogP contribution is -2.41. The highest BCUT2D eigenvalue weighted by Crippen LogP contribution is 2.13. The fourth-order valence-corrected chi connectivity index (χ4v) is 2.38. The second-order valence-electron chi connectivity index (χ2n) is 4.97. The third kappa shape index (κ3) is 3.99. The largest absolute Gasteiger partial charge is 0.396 e. The van der Waals surface area contributed by atoms with Crippen LogP contribution in [0, 0.1) is 0 Å². The number of nitrogens with zero attached hydrogens (tertiary/aromatic N) is 3. The van der Waals surface area contributed by atoms with E-state index in [1.807, 2.05) is 10.9 Å². The van der Waals surface area contributed by atoms with Gasteiger partial charge in [0.25, 0.3) is 0 Å². The lowest BCUT2D eigenvalue weighted by atomic mass is 10.1. The molecule has 1 atom stereocenters. The van der Waals surface area contributed by atoms with Gasteiger partial charge in [0.15, 0.2) is 0 Å². The van der Waals surface area contributed by atoms with Crippen molar-refractivity contribution in [2.24, 2.45) is 0 Å². The van der Waals surface area contributed by atoms with E-state index in [0.717, 1.165) is 38.3 Å². The first kappa shape index (κ1) is 13.4. The SMILES string of the molecule is CCCOC1CCCN(CCn2cc(N)cn2)C1. The first-order chi connectivity index (χ1) is 8.78. The minimum absolute atomic E-state index is 0.418. The van der Waals surface area contributed by atoms with Crippen molar-refractivity contribution in [1.29, 1.82) is 0 Å². The minimum atomic E-state index is 0.418. The Labute approximate surface area is 109 Å². The summed E-state index contributed by atoms with van der Waals surface area (Å²) in [4.78, 5) is 2.46. The smallest absolute Gasteiger partial charge is 0.0719 e. The van der Waals surface area contributed by atoms with Crippen LogP contribution in [0.1, 0.15) is 26.2 Å². The van der Waals surface area contributed by atoms with E-state index >= 15 is 0 Å². The maximum atomic E-state index is 5.83. The fourth-order valence-electron chi connectivity index (χ4n) is 2.38. The van der Waals surface area contributed by atoms with Gasteiger partial charge in [-0.1, -0.05) is 6.92 Å². The number of nitrogen functional groups attached to an aromatic ring is 1. The fraction of sp³-hybridized carbons (Fsp3) is 0.769. The van der Waals surface area contributed by atoms with E-state index in [1.54, 1.807) is 6.20 Å². The summed E-state index contributed by atoms with van der Waals surface area (Å²) in [7, 11) is 0. The number of nitrogens with two attached hydrogens (primary N) is 1. The van der Waals surface area contributed by atoms with Crippen LogP contribution in [-0.2, 0) is 11.3 Å². The first-order valence-corrected chi connectivity index (χ1v) is 6.90. The average molecular weight is 252 g/mol. The van der Waals surface area contributed by atoms with E-state index in [1.165, 1.54) is 19.4 Å². The van der Waals surface area contributed by atoms with Crippen LogP contribution < -0.4 is 5.73 Å². The van der Waals surface area contributed by atoms with Crippen molar-refractivity contribution in [3.8, 4) is 0 Å². The van der Waals surface area contributed by atoms with Crippen molar-refractivity contribution in [2.45, 2.75) is 38.8 Å². The summed E-state index contributed by atoms with van der Waals surface area (Å²) in [5.74, 6) is 0. The Kier molecular flexibility index (Phi) is 5.01. The lowest BCUT2D eigenvalue weighted by molar-refractivity contribution is -0.000969. The van der Waals surface area contributed by atoms with E-state index in [9.17, 15) is 0 Å². The predicted molar refractivity (Wildman–Crippen MR) is 72.3 cm³/mol. The monoisotopic (exact) mass is 252 g/mol. The molecular weight excluding hydrogens is 228 g/mol. The standard InChI is InChI=1S/C13H24N4O/c1-2-8-18-13-4-3-5-16(11-13)6-7-17-10-12(14)9-15-17/h9-10,13H,2-8,11,14H2,1H3. The highest BCUT2D eigenvalue weighted by molar-refractivity contribution is 5.30. The molecule has 1 saturated heterocycles. The summed E-state index contributed by atoms with van der Waals surface area (Å²) in [6.45, 7) is 7.18. The summed E-state index contributed by atoms with van der Waals surface area (Å²) in [5.41, 5.74) is 6.38. The zero-order valence-electron chi connectivity index (χ0n) is 11.2. The summed E-state index contributed by atoms with van der Waals surface area (Å²) in [6, 6.07) is 0. The molecule has 1 fully saturated rings. The van der Waals surface area contributed by atoms with Gasteiger partial charge in [-0.05, 0) is 25.8 Å². The molecule has 1 unspecified atom stereocenters. The first-order valence-electron chi connectivity index (χ1n) is 6.90.